The minimum Gasteiger partial charge on any atom is -0.387 e. The Hall–Kier alpha value is -4.12. The molecular weight excluding hydrogens is 480 g/mol. The molecule has 0 spiro atoms. The Morgan fingerprint density at radius 1 is 1.30 bits per heavy atom. The SMILES string of the molecule is CNC(=O)C1OC(n2cnc3c(N)nc(C#CCN(C(=O)c4cccnc4)C4CCC4)nc32)[C@H](O)[C@@H]1O. The van der Waals surface area contributed by atoms with Crippen LogP contribution in [-0.2, 0) is 9.53 Å². The largest absolute Gasteiger partial charge is 0.387 e. The van der Waals surface area contributed by atoms with Crippen molar-refractivity contribution in [3.63, 3.8) is 0 Å². The number of nitrogens with one attached hydrogen (secondary N) is 1. The number of amides is 2. The number of nitrogen functional groups attached to an aromatic ring is 1. The van der Waals surface area contributed by atoms with Gasteiger partial charge in [-0.3, -0.25) is 19.1 Å². The average Bonchev–Trinajstić information content (AvgIpc) is 3.43. The summed E-state index contributed by atoms with van der Waals surface area (Å²) in [7, 11) is 1.40. The molecule has 0 aromatic carbocycles. The van der Waals surface area contributed by atoms with Gasteiger partial charge in [0.1, 0.15) is 17.7 Å². The summed E-state index contributed by atoms with van der Waals surface area (Å²) in [5.74, 6) is 5.27. The monoisotopic (exact) mass is 506 g/mol. The van der Waals surface area contributed by atoms with Crippen LogP contribution in [0.25, 0.3) is 11.2 Å². The number of carbonyl (C=O) groups excluding carboxylic acids is 2. The molecule has 4 atom stereocenters. The third kappa shape index (κ3) is 4.57. The van der Waals surface area contributed by atoms with Crippen LogP contribution in [0, 0.1) is 11.8 Å². The van der Waals surface area contributed by atoms with Crippen molar-refractivity contribution in [1.29, 1.82) is 0 Å². The Balaban J connectivity index is 1.40. The predicted octanol–water partition coefficient (Wildman–Crippen LogP) is -0.785. The molecule has 3 aromatic rings. The number of rotatable bonds is 5. The topological polar surface area (TPSA) is 182 Å². The Morgan fingerprint density at radius 3 is 2.78 bits per heavy atom. The minimum atomic E-state index is -1.45. The third-order valence-electron chi connectivity index (χ3n) is 6.60. The molecule has 4 heterocycles. The number of aromatic nitrogens is 5. The van der Waals surface area contributed by atoms with E-state index >= 15 is 0 Å². The zero-order valence-corrected chi connectivity index (χ0v) is 20.0. The first-order valence-electron chi connectivity index (χ1n) is 11.8. The number of nitrogens with two attached hydrogens (primary N) is 1. The summed E-state index contributed by atoms with van der Waals surface area (Å²) in [6, 6.07) is 3.55. The van der Waals surface area contributed by atoms with E-state index in [2.05, 4.69) is 37.1 Å². The van der Waals surface area contributed by atoms with E-state index in [-0.39, 0.29) is 41.3 Å². The van der Waals surface area contributed by atoms with Gasteiger partial charge in [-0.1, -0.05) is 5.92 Å². The molecule has 0 radical (unpaired) electrons. The van der Waals surface area contributed by atoms with Gasteiger partial charge in [0.15, 0.2) is 23.8 Å². The van der Waals surface area contributed by atoms with Gasteiger partial charge in [0.05, 0.1) is 18.4 Å². The van der Waals surface area contributed by atoms with Crippen LogP contribution in [0.5, 0.6) is 0 Å². The van der Waals surface area contributed by atoms with Crippen LogP contribution in [0.1, 0.15) is 41.7 Å². The van der Waals surface area contributed by atoms with E-state index in [4.69, 9.17) is 10.5 Å². The number of nitrogens with zero attached hydrogens (tertiary/aromatic N) is 6. The van der Waals surface area contributed by atoms with Gasteiger partial charge in [0.25, 0.3) is 11.8 Å². The maximum Gasteiger partial charge on any atom is 0.256 e. The number of pyridine rings is 1. The average molecular weight is 507 g/mol. The van der Waals surface area contributed by atoms with Gasteiger partial charge in [0.2, 0.25) is 5.82 Å². The fourth-order valence-corrected chi connectivity index (χ4v) is 4.35. The molecule has 13 heteroatoms. The fourth-order valence-electron chi connectivity index (χ4n) is 4.35. The molecule has 0 bridgehead atoms. The number of carbonyl (C=O) groups is 2. The van der Waals surface area contributed by atoms with Crippen LogP contribution in [0.15, 0.2) is 30.9 Å². The number of ether oxygens (including phenoxy) is 1. The van der Waals surface area contributed by atoms with Crippen LogP contribution in [-0.4, -0.2) is 89.4 Å². The molecule has 3 aromatic heterocycles. The molecule has 2 aliphatic rings. The highest BCUT2D eigenvalue weighted by Crippen LogP contribution is 2.32. The molecule has 5 N–H and O–H groups in total. The van der Waals surface area contributed by atoms with Crippen LogP contribution < -0.4 is 11.1 Å². The Bertz CT molecular complexity index is 1380. The third-order valence-corrected chi connectivity index (χ3v) is 6.60. The molecule has 2 amide bonds. The smallest absolute Gasteiger partial charge is 0.256 e. The minimum absolute atomic E-state index is 0.0613. The predicted molar refractivity (Wildman–Crippen MR) is 130 cm³/mol. The van der Waals surface area contributed by atoms with Gasteiger partial charge in [-0.25, -0.2) is 15.0 Å². The van der Waals surface area contributed by atoms with E-state index < -0.39 is 30.4 Å². The summed E-state index contributed by atoms with van der Waals surface area (Å²) in [6.45, 7) is 0.170. The van der Waals surface area contributed by atoms with Crippen LogP contribution in [0.2, 0.25) is 0 Å². The van der Waals surface area contributed by atoms with Gasteiger partial charge in [-0.05, 0) is 37.3 Å². The number of aliphatic hydroxyl groups excluding tert-OH is 2. The van der Waals surface area contributed by atoms with Crippen molar-refractivity contribution in [2.24, 2.45) is 0 Å². The summed E-state index contributed by atoms with van der Waals surface area (Å²) in [5.41, 5.74) is 7.04. The number of imidazole rings is 1. The molecule has 13 nitrogen and oxygen atoms in total. The van der Waals surface area contributed by atoms with E-state index in [1.54, 1.807) is 23.2 Å². The molecule has 1 aliphatic carbocycles. The van der Waals surface area contributed by atoms with Crippen molar-refractivity contribution < 1.29 is 24.5 Å². The highest BCUT2D eigenvalue weighted by Gasteiger charge is 2.47. The quantitative estimate of drug-likeness (QED) is 0.320. The van der Waals surface area contributed by atoms with Crippen LogP contribution in [0.3, 0.4) is 0 Å². The zero-order valence-electron chi connectivity index (χ0n) is 20.0. The van der Waals surface area contributed by atoms with Crippen molar-refractivity contribution in [2.75, 3.05) is 19.3 Å². The van der Waals surface area contributed by atoms with Crippen LogP contribution >= 0.6 is 0 Å². The maximum atomic E-state index is 13.0. The summed E-state index contributed by atoms with van der Waals surface area (Å²) in [5, 5.41) is 23.2. The molecule has 37 heavy (non-hydrogen) atoms. The lowest BCUT2D eigenvalue weighted by Crippen LogP contribution is -2.44. The summed E-state index contributed by atoms with van der Waals surface area (Å²) in [4.78, 5) is 43.6. The molecule has 1 saturated carbocycles. The summed E-state index contributed by atoms with van der Waals surface area (Å²) < 4.78 is 7.00. The Morgan fingerprint density at radius 2 is 2.11 bits per heavy atom. The maximum absolute atomic E-state index is 13.0. The zero-order chi connectivity index (χ0) is 26.1. The van der Waals surface area contributed by atoms with Crippen molar-refractivity contribution in [3.05, 3.63) is 42.2 Å². The van der Waals surface area contributed by atoms with E-state index in [0.717, 1.165) is 19.3 Å². The van der Waals surface area contributed by atoms with Gasteiger partial charge in [-0.2, -0.15) is 0 Å². The standard InChI is InChI=1S/C24H26N8O5/c1-26-22(35)19-17(33)18(34)24(37-19)32-12-28-16-20(25)29-15(30-21(16)32)8-4-10-31(14-6-2-7-14)23(36)13-5-3-9-27-11-13/h3,5,9,11-12,14,17-19,24,33-34H,2,6-7,10H2,1H3,(H,26,35)(H2,25,29,30)/t17-,18+,19?,24?/m0/s1. The normalized spacial score (nSPS) is 23.2. The first-order valence-corrected chi connectivity index (χ1v) is 11.8. The number of likely N-dealkylation sites (N-methyl/N-ethyl adjacent to an activating group) is 1. The number of hydrogen-bond donors (Lipinski definition) is 4. The van der Waals surface area contributed by atoms with Crippen molar-refractivity contribution >= 4 is 28.8 Å². The van der Waals surface area contributed by atoms with Crippen LogP contribution in [0.4, 0.5) is 5.82 Å². The second kappa shape index (κ2) is 10.1. The summed E-state index contributed by atoms with van der Waals surface area (Å²) in [6.07, 6.45) is 2.09. The first-order chi connectivity index (χ1) is 17.9. The summed E-state index contributed by atoms with van der Waals surface area (Å²) >= 11 is 0. The Labute approximate surface area is 211 Å². The van der Waals surface area contributed by atoms with Gasteiger partial charge >= 0.3 is 0 Å². The number of aliphatic hydroxyl groups is 2. The lowest BCUT2D eigenvalue weighted by atomic mass is 9.91. The highest BCUT2D eigenvalue weighted by molar-refractivity contribution is 5.94. The fraction of sp³-hybridized carbons (Fsp3) is 0.417. The number of anilines is 1. The van der Waals surface area contributed by atoms with Gasteiger partial charge in [0, 0.05) is 25.5 Å². The number of fused-ring (bicyclic) bond motifs is 1. The number of hydrogen-bond acceptors (Lipinski definition) is 10. The van der Waals surface area contributed by atoms with Crippen molar-refractivity contribution in [2.45, 2.75) is 49.8 Å². The lowest BCUT2D eigenvalue weighted by molar-refractivity contribution is -0.137. The molecule has 1 aliphatic heterocycles. The van der Waals surface area contributed by atoms with E-state index in [1.165, 1.54) is 24.1 Å². The van der Waals surface area contributed by atoms with Gasteiger partial charge in [-0.15, -0.1) is 0 Å². The lowest BCUT2D eigenvalue weighted by Gasteiger charge is -2.36. The second-order valence-corrected chi connectivity index (χ2v) is 8.86. The molecule has 1 saturated heterocycles. The second-order valence-electron chi connectivity index (χ2n) is 8.86. The molecule has 192 valence electrons. The van der Waals surface area contributed by atoms with E-state index in [9.17, 15) is 19.8 Å². The van der Waals surface area contributed by atoms with Crippen molar-refractivity contribution in [1.82, 2.24) is 34.7 Å². The van der Waals surface area contributed by atoms with Crippen molar-refractivity contribution in [3.8, 4) is 11.8 Å². The molecule has 2 fully saturated rings. The first kappa shape index (κ1) is 24.6. The highest BCUT2D eigenvalue weighted by atomic mass is 16.6. The molecule has 5 rings (SSSR count). The van der Waals surface area contributed by atoms with Gasteiger partial charge < -0.3 is 30.9 Å². The molecule has 2 unspecified atom stereocenters. The van der Waals surface area contributed by atoms with E-state index in [0.29, 0.717) is 5.56 Å². The molecular formula is C24H26N8O5. The van der Waals surface area contributed by atoms with E-state index in [1.807, 2.05) is 0 Å². The Kier molecular flexibility index (Phi) is 6.70.